The van der Waals surface area contributed by atoms with Gasteiger partial charge in [-0.25, -0.2) is 4.98 Å². The number of nitrogens with zero attached hydrogens (tertiary/aromatic N) is 4. The summed E-state index contributed by atoms with van der Waals surface area (Å²) in [5.41, 5.74) is 1.92. The van der Waals surface area contributed by atoms with Gasteiger partial charge in [0.05, 0.1) is 18.8 Å². The van der Waals surface area contributed by atoms with Crippen LogP contribution in [0.15, 0.2) is 48.7 Å². The number of aromatic nitrogens is 3. The molecule has 2 heterocycles. The molecule has 3 rings (SSSR count). The Morgan fingerprint density at radius 3 is 2.77 bits per heavy atom. The topological polar surface area (TPSA) is 71.0 Å². The van der Waals surface area contributed by atoms with Gasteiger partial charge in [0, 0.05) is 36.2 Å². The van der Waals surface area contributed by atoms with Gasteiger partial charge in [0.15, 0.2) is 0 Å². The summed E-state index contributed by atoms with van der Waals surface area (Å²) in [5.74, 6) is 0.640. The predicted octanol–water partition coefficient (Wildman–Crippen LogP) is 2.93. The molecule has 0 unspecified atom stereocenters. The van der Waals surface area contributed by atoms with Gasteiger partial charge in [-0.2, -0.15) is 4.37 Å². The first kappa shape index (κ1) is 18.3. The van der Waals surface area contributed by atoms with E-state index < -0.39 is 0 Å². The van der Waals surface area contributed by atoms with Crippen LogP contribution in [0.2, 0.25) is 5.02 Å². The lowest BCUT2D eigenvalue weighted by Crippen LogP contribution is -2.34. The molecule has 0 fully saturated rings. The van der Waals surface area contributed by atoms with Gasteiger partial charge in [0.1, 0.15) is 5.82 Å². The van der Waals surface area contributed by atoms with Gasteiger partial charge in [0.2, 0.25) is 11.0 Å². The van der Waals surface area contributed by atoms with Crippen molar-refractivity contribution in [3.8, 4) is 0 Å². The lowest BCUT2D eigenvalue weighted by Gasteiger charge is -2.14. The third-order valence-electron chi connectivity index (χ3n) is 3.63. The van der Waals surface area contributed by atoms with Gasteiger partial charge in [-0.1, -0.05) is 29.8 Å². The molecular formula is C18H18ClN5OS. The van der Waals surface area contributed by atoms with Crippen LogP contribution in [0, 0.1) is 0 Å². The molecule has 8 heteroatoms. The van der Waals surface area contributed by atoms with Gasteiger partial charge in [0.25, 0.3) is 0 Å². The van der Waals surface area contributed by atoms with E-state index in [0.717, 1.165) is 17.1 Å². The number of nitrogens with one attached hydrogen (secondary N) is 1. The predicted molar refractivity (Wildman–Crippen MR) is 104 cm³/mol. The van der Waals surface area contributed by atoms with E-state index >= 15 is 0 Å². The summed E-state index contributed by atoms with van der Waals surface area (Å²) in [6, 6.07) is 13.2. The van der Waals surface area contributed by atoms with E-state index in [9.17, 15) is 4.79 Å². The molecule has 0 aliphatic rings. The second kappa shape index (κ2) is 8.73. The molecule has 0 spiro atoms. The number of halogens is 1. The van der Waals surface area contributed by atoms with Crippen LogP contribution in [0.3, 0.4) is 0 Å². The zero-order valence-electron chi connectivity index (χ0n) is 14.2. The van der Waals surface area contributed by atoms with Gasteiger partial charge >= 0.3 is 0 Å². The number of pyridine rings is 1. The fraction of sp³-hybridized carbons (Fsp3) is 0.222. The quantitative estimate of drug-likeness (QED) is 0.674. The summed E-state index contributed by atoms with van der Waals surface area (Å²) in [6.07, 6.45) is 2.34. The second-order valence-corrected chi connectivity index (χ2v) is 6.92. The van der Waals surface area contributed by atoms with Crippen LogP contribution in [-0.2, 0) is 17.8 Å². The van der Waals surface area contributed by atoms with Crippen LogP contribution < -0.4 is 10.2 Å². The third-order valence-corrected chi connectivity index (χ3v) is 4.75. The number of anilines is 1. The van der Waals surface area contributed by atoms with Crippen LogP contribution in [0.5, 0.6) is 0 Å². The number of benzene rings is 1. The monoisotopic (exact) mass is 387 g/mol. The Balaban J connectivity index is 1.51. The van der Waals surface area contributed by atoms with Crippen molar-refractivity contribution in [3.05, 3.63) is 70.8 Å². The molecule has 0 bridgehead atoms. The Kier molecular flexibility index (Phi) is 6.14. The number of hydrogen-bond donors (Lipinski definition) is 1. The third kappa shape index (κ3) is 5.24. The molecule has 0 radical (unpaired) electrons. The van der Waals surface area contributed by atoms with E-state index in [0.29, 0.717) is 23.1 Å². The van der Waals surface area contributed by atoms with E-state index in [1.54, 1.807) is 11.1 Å². The summed E-state index contributed by atoms with van der Waals surface area (Å²) in [6.45, 7) is 0.619. The molecular weight excluding hydrogens is 370 g/mol. The minimum atomic E-state index is -0.0902. The van der Waals surface area contributed by atoms with Gasteiger partial charge in [-0.05, 0) is 29.8 Å². The highest BCUT2D eigenvalue weighted by Gasteiger charge is 2.13. The molecule has 0 saturated carbocycles. The molecule has 134 valence electrons. The largest absolute Gasteiger partial charge is 0.349 e. The molecule has 1 amide bonds. The van der Waals surface area contributed by atoms with Crippen LogP contribution in [0.4, 0.5) is 5.13 Å². The summed E-state index contributed by atoms with van der Waals surface area (Å²) in [7, 11) is 1.83. The number of rotatable bonds is 7. The Labute approximate surface area is 161 Å². The number of amides is 1. The number of carbonyl (C=O) groups is 1. The number of carbonyl (C=O) groups excluding carboxylic acids is 1. The Bertz CT molecular complexity index is 854. The molecule has 0 atom stereocenters. The van der Waals surface area contributed by atoms with Crippen molar-refractivity contribution in [3.63, 3.8) is 0 Å². The summed E-state index contributed by atoms with van der Waals surface area (Å²) in [5, 5.41) is 4.27. The van der Waals surface area contributed by atoms with Crippen molar-refractivity contribution < 1.29 is 4.79 Å². The van der Waals surface area contributed by atoms with Gasteiger partial charge in [-0.3, -0.25) is 9.78 Å². The SMILES string of the molecule is CN(CC(=O)NCc1ccccn1)c1nc(Cc2ccc(Cl)cc2)ns1. The van der Waals surface area contributed by atoms with Crippen molar-refractivity contribution >= 4 is 34.2 Å². The zero-order chi connectivity index (χ0) is 18.4. The molecule has 0 aliphatic heterocycles. The fourth-order valence-electron chi connectivity index (χ4n) is 2.29. The molecule has 26 heavy (non-hydrogen) atoms. The molecule has 3 aromatic rings. The molecule has 1 aromatic carbocycles. The van der Waals surface area contributed by atoms with E-state index in [1.807, 2.05) is 49.5 Å². The standard InChI is InChI=1S/C18H18ClN5OS/c1-24(12-17(25)21-11-15-4-2-3-9-20-15)18-22-16(23-26-18)10-13-5-7-14(19)8-6-13/h2-9H,10-12H2,1H3,(H,21,25). The van der Waals surface area contributed by atoms with Gasteiger partial charge < -0.3 is 10.2 Å². The van der Waals surface area contributed by atoms with Crippen molar-refractivity contribution in [2.24, 2.45) is 0 Å². The first-order chi connectivity index (χ1) is 12.6. The molecule has 6 nitrogen and oxygen atoms in total. The highest BCUT2D eigenvalue weighted by Crippen LogP contribution is 2.18. The van der Waals surface area contributed by atoms with Crippen molar-refractivity contribution in [2.75, 3.05) is 18.5 Å². The van der Waals surface area contributed by atoms with Crippen LogP contribution in [-0.4, -0.2) is 33.8 Å². The van der Waals surface area contributed by atoms with Crippen LogP contribution >= 0.6 is 23.1 Å². The highest BCUT2D eigenvalue weighted by molar-refractivity contribution is 7.09. The van der Waals surface area contributed by atoms with Crippen molar-refractivity contribution in [1.82, 2.24) is 19.7 Å². The lowest BCUT2D eigenvalue weighted by atomic mass is 10.1. The summed E-state index contributed by atoms with van der Waals surface area (Å²) >= 11 is 7.18. The summed E-state index contributed by atoms with van der Waals surface area (Å²) < 4.78 is 4.37. The van der Waals surface area contributed by atoms with E-state index in [2.05, 4.69) is 19.7 Å². The summed E-state index contributed by atoms with van der Waals surface area (Å²) in [4.78, 5) is 22.6. The Morgan fingerprint density at radius 1 is 1.23 bits per heavy atom. The minimum Gasteiger partial charge on any atom is -0.349 e. The van der Waals surface area contributed by atoms with E-state index in [4.69, 9.17) is 11.6 Å². The molecule has 2 aromatic heterocycles. The van der Waals surface area contributed by atoms with Gasteiger partial charge in [-0.15, -0.1) is 0 Å². The minimum absolute atomic E-state index is 0.0902. The Morgan fingerprint density at radius 2 is 2.04 bits per heavy atom. The maximum absolute atomic E-state index is 12.1. The zero-order valence-corrected chi connectivity index (χ0v) is 15.8. The van der Waals surface area contributed by atoms with Crippen LogP contribution in [0.25, 0.3) is 0 Å². The smallest absolute Gasteiger partial charge is 0.239 e. The highest BCUT2D eigenvalue weighted by atomic mass is 35.5. The maximum Gasteiger partial charge on any atom is 0.239 e. The van der Waals surface area contributed by atoms with Crippen molar-refractivity contribution in [1.29, 1.82) is 0 Å². The molecule has 1 N–H and O–H groups in total. The number of hydrogen-bond acceptors (Lipinski definition) is 6. The fourth-order valence-corrected chi connectivity index (χ4v) is 3.06. The first-order valence-electron chi connectivity index (χ1n) is 8.05. The lowest BCUT2D eigenvalue weighted by molar-refractivity contribution is -0.119. The maximum atomic E-state index is 12.1. The van der Waals surface area contributed by atoms with E-state index in [1.165, 1.54) is 11.5 Å². The Hall–Kier alpha value is -2.51. The molecule has 0 aliphatic carbocycles. The average Bonchev–Trinajstić information content (AvgIpc) is 3.11. The molecule has 0 saturated heterocycles. The normalized spacial score (nSPS) is 10.5. The van der Waals surface area contributed by atoms with Crippen LogP contribution in [0.1, 0.15) is 17.1 Å². The van der Waals surface area contributed by atoms with E-state index in [-0.39, 0.29) is 12.5 Å². The average molecular weight is 388 g/mol. The number of likely N-dealkylation sites (N-methyl/N-ethyl adjacent to an activating group) is 1. The van der Waals surface area contributed by atoms with Crippen molar-refractivity contribution in [2.45, 2.75) is 13.0 Å². The first-order valence-corrected chi connectivity index (χ1v) is 9.20. The second-order valence-electron chi connectivity index (χ2n) is 5.75.